The van der Waals surface area contributed by atoms with Crippen molar-refractivity contribution in [2.45, 2.75) is 45.1 Å². The van der Waals surface area contributed by atoms with Crippen LogP contribution < -0.4 is 5.32 Å². The van der Waals surface area contributed by atoms with E-state index in [1.165, 1.54) is 25.7 Å². The summed E-state index contributed by atoms with van der Waals surface area (Å²) < 4.78 is 0. The Labute approximate surface area is 87.1 Å². The zero-order valence-electron chi connectivity index (χ0n) is 9.42. The molecule has 2 fully saturated rings. The van der Waals surface area contributed by atoms with Crippen molar-refractivity contribution >= 4 is 0 Å². The van der Waals surface area contributed by atoms with Gasteiger partial charge >= 0.3 is 0 Å². The predicted molar refractivity (Wildman–Crippen MR) is 58.1 cm³/mol. The van der Waals surface area contributed by atoms with Gasteiger partial charge in [0.05, 0.1) is 6.61 Å². The van der Waals surface area contributed by atoms with Crippen molar-refractivity contribution in [3.8, 4) is 0 Å². The maximum Gasteiger partial charge on any atom is 0.0613 e. The molecule has 2 aliphatic rings. The third-order valence-corrected chi connectivity index (χ3v) is 4.01. The summed E-state index contributed by atoms with van der Waals surface area (Å²) in [6.07, 6.45) is 5.13. The van der Waals surface area contributed by atoms with E-state index in [0.29, 0.717) is 6.61 Å². The lowest BCUT2D eigenvalue weighted by Crippen LogP contribution is -2.59. The molecule has 0 spiro atoms. The summed E-state index contributed by atoms with van der Waals surface area (Å²) in [5.74, 6) is 2.52. The average Bonchev–Trinajstić information content (AvgIpc) is 2.86. The van der Waals surface area contributed by atoms with Crippen LogP contribution in [-0.2, 0) is 0 Å². The number of nitrogens with one attached hydrogen (secondary N) is 1. The maximum atomic E-state index is 9.41. The normalized spacial score (nSPS) is 37.3. The van der Waals surface area contributed by atoms with Gasteiger partial charge in [-0.1, -0.05) is 13.8 Å². The van der Waals surface area contributed by atoms with E-state index in [-0.39, 0.29) is 5.54 Å². The molecule has 0 aromatic rings. The van der Waals surface area contributed by atoms with Crippen LogP contribution in [0.5, 0.6) is 0 Å². The predicted octanol–water partition coefficient (Wildman–Crippen LogP) is 1.78. The Morgan fingerprint density at radius 1 is 1.36 bits per heavy atom. The Morgan fingerprint density at radius 2 is 2.00 bits per heavy atom. The van der Waals surface area contributed by atoms with Crippen LogP contribution in [0.2, 0.25) is 0 Å². The lowest BCUT2D eigenvalue weighted by molar-refractivity contribution is 0.0183. The molecule has 2 N–H and O–H groups in total. The molecule has 0 amide bonds. The van der Waals surface area contributed by atoms with E-state index >= 15 is 0 Å². The van der Waals surface area contributed by atoms with Gasteiger partial charge in [0, 0.05) is 5.54 Å². The van der Waals surface area contributed by atoms with E-state index < -0.39 is 0 Å². The van der Waals surface area contributed by atoms with Crippen molar-refractivity contribution in [3.63, 3.8) is 0 Å². The molecule has 2 saturated carbocycles. The minimum atomic E-state index is 0.0948. The van der Waals surface area contributed by atoms with Crippen molar-refractivity contribution in [2.24, 2.45) is 17.8 Å². The first kappa shape index (κ1) is 10.4. The highest BCUT2D eigenvalue weighted by molar-refractivity contribution is 5.02. The molecular weight excluding hydrogens is 174 g/mol. The summed E-state index contributed by atoms with van der Waals surface area (Å²) in [6, 6.07) is 0. The first-order chi connectivity index (χ1) is 6.65. The van der Waals surface area contributed by atoms with Crippen LogP contribution in [0, 0.1) is 17.8 Å². The second-order valence-corrected chi connectivity index (χ2v) is 5.68. The number of rotatable bonds is 5. The van der Waals surface area contributed by atoms with E-state index in [4.69, 9.17) is 0 Å². The van der Waals surface area contributed by atoms with Gasteiger partial charge in [-0.3, -0.25) is 0 Å². The second-order valence-electron chi connectivity index (χ2n) is 5.68. The molecule has 0 aromatic heterocycles. The Kier molecular flexibility index (Phi) is 2.85. The lowest BCUT2D eigenvalue weighted by atomic mass is 9.64. The zero-order chi connectivity index (χ0) is 10.2. The molecule has 0 atom stereocenters. The van der Waals surface area contributed by atoms with Crippen LogP contribution in [0.15, 0.2) is 0 Å². The molecule has 0 aromatic carbocycles. The fourth-order valence-electron chi connectivity index (χ4n) is 2.43. The van der Waals surface area contributed by atoms with Crippen molar-refractivity contribution in [1.29, 1.82) is 0 Å². The van der Waals surface area contributed by atoms with E-state index in [2.05, 4.69) is 19.2 Å². The summed E-state index contributed by atoms with van der Waals surface area (Å²) >= 11 is 0. The molecule has 2 heteroatoms. The summed E-state index contributed by atoms with van der Waals surface area (Å²) in [5.41, 5.74) is 0.0948. The standard InChI is InChI=1S/C12H23NO/c1-9(2)11-5-12(6-11,8-14)13-7-10-3-4-10/h9-11,13-14H,3-8H2,1-2H3. The molecule has 2 rings (SSSR count). The van der Waals surface area contributed by atoms with Crippen molar-refractivity contribution in [1.82, 2.24) is 5.32 Å². The van der Waals surface area contributed by atoms with Gasteiger partial charge in [0.2, 0.25) is 0 Å². The zero-order valence-corrected chi connectivity index (χ0v) is 9.42. The smallest absolute Gasteiger partial charge is 0.0613 e. The van der Waals surface area contributed by atoms with Crippen LogP contribution in [0.1, 0.15) is 39.5 Å². The molecule has 0 unspecified atom stereocenters. The third-order valence-electron chi connectivity index (χ3n) is 4.01. The molecular formula is C12H23NO. The Balaban J connectivity index is 1.75. The van der Waals surface area contributed by atoms with Crippen LogP contribution in [0.3, 0.4) is 0 Å². The van der Waals surface area contributed by atoms with Gasteiger partial charge in [0.1, 0.15) is 0 Å². The lowest BCUT2D eigenvalue weighted by Gasteiger charge is -2.49. The van der Waals surface area contributed by atoms with Gasteiger partial charge in [0.15, 0.2) is 0 Å². The summed E-state index contributed by atoms with van der Waals surface area (Å²) in [6.45, 7) is 6.02. The van der Waals surface area contributed by atoms with Crippen molar-refractivity contribution in [2.75, 3.05) is 13.2 Å². The van der Waals surface area contributed by atoms with Gasteiger partial charge in [-0.15, -0.1) is 0 Å². The molecule has 2 aliphatic carbocycles. The number of aliphatic hydroxyl groups excluding tert-OH is 1. The molecule has 0 saturated heterocycles. The maximum absolute atomic E-state index is 9.41. The van der Waals surface area contributed by atoms with Crippen LogP contribution >= 0.6 is 0 Å². The quantitative estimate of drug-likeness (QED) is 0.704. The number of hydrogen-bond donors (Lipinski definition) is 2. The number of hydrogen-bond acceptors (Lipinski definition) is 2. The third kappa shape index (κ3) is 2.12. The Hall–Kier alpha value is -0.0800. The van der Waals surface area contributed by atoms with Gasteiger partial charge in [0.25, 0.3) is 0 Å². The van der Waals surface area contributed by atoms with Gasteiger partial charge in [-0.25, -0.2) is 0 Å². The van der Waals surface area contributed by atoms with Crippen molar-refractivity contribution < 1.29 is 5.11 Å². The van der Waals surface area contributed by atoms with E-state index in [1.54, 1.807) is 0 Å². The highest BCUT2D eigenvalue weighted by Crippen LogP contribution is 2.42. The summed E-state index contributed by atoms with van der Waals surface area (Å²) in [7, 11) is 0. The van der Waals surface area contributed by atoms with Crippen molar-refractivity contribution in [3.05, 3.63) is 0 Å². The minimum absolute atomic E-state index is 0.0948. The largest absolute Gasteiger partial charge is 0.394 e. The second kappa shape index (κ2) is 3.82. The van der Waals surface area contributed by atoms with Crippen LogP contribution in [0.25, 0.3) is 0 Å². The van der Waals surface area contributed by atoms with E-state index in [9.17, 15) is 5.11 Å². The minimum Gasteiger partial charge on any atom is -0.394 e. The molecule has 0 radical (unpaired) electrons. The average molecular weight is 197 g/mol. The first-order valence-electron chi connectivity index (χ1n) is 6.01. The first-order valence-corrected chi connectivity index (χ1v) is 6.01. The van der Waals surface area contributed by atoms with E-state index in [1.807, 2.05) is 0 Å². The number of aliphatic hydroxyl groups is 1. The highest BCUT2D eigenvalue weighted by Gasteiger charge is 2.44. The highest BCUT2D eigenvalue weighted by atomic mass is 16.3. The molecule has 0 bridgehead atoms. The molecule has 14 heavy (non-hydrogen) atoms. The molecule has 0 heterocycles. The molecule has 0 aliphatic heterocycles. The van der Waals surface area contributed by atoms with Crippen LogP contribution in [0.4, 0.5) is 0 Å². The topological polar surface area (TPSA) is 32.3 Å². The van der Waals surface area contributed by atoms with Crippen LogP contribution in [-0.4, -0.2) is 23.8 Å². The fourth-order valence-corrected chi connectivity index (χ4v) is 2.43. The summed E-state index contributed by atoms with van der Waals surface area (Å²) in [5, 5.41) is 13.0. The summed E-state index contributed by atoms with van der Waals surface area (Å²) in [4.78, 5) is 0. The SMILES string of the molecule is CC(C)C1CC(CO)(NCC2CC2)C1. The Morgan fingerprint density at radius 3 is 2.43 bits per heavy atom. The van der Waals surface area contributed by atoms with Gasteiger partial charge in [-0.2, -0.15) is 0 Å². The monoisotopic (exact) mass is 197 g/mol. The van der Waals surface area contributed by atoms with Gasteiger partial charge in [-0.05, 0) is 50.0 Å². The van der Waals surface area contributed by atoms with E-state index in [0.717, 1.165) is 24.3 Å². The van der Waals surface area contributed by atoms with Gasteiger partial charge < -0.3 is 10.4 Å². The molecule has 82 valence electrons. The molecule has 2 nitrogen and oxygen atoms in total. The fraction of sp³-hybridized carbons (Fsp3) is 1.00. The Bertz CT molecular complexity index is 187.